The molecule has 0 bridgehead atoms. The van der Waals surface area contributed by atoms with Crippen molar-refractivity contribution in [1.82, 2.24) is 5.32 Å². The summed E-state index contributed by atoms with van der Waals surface area (Å²) in [5, 5.41) is 3.20. The Kier molecular flexibility index (Phi) is 7.91. The summed E-state index contributed by atoms with van der Waals surface area (Å²) in [5.74, 6) is 1.41. The van der Waals surface area contributed by atoms with Gasteiger partial charge >= 0.3 is 0 Å². The summed E-state index contributed by atoms with van der Waals surface area (Å²) in [5.41, 5.74) is 8.08. The van der Waals surface area contributed by atoms with Crippen molar-refractivity contribution in [3.05, 3.63) is 35.4 Å². The quantitative estimate of drug-likeness (QED) is 0.767. The van der Waals surface area contributed by atoms with Gasteiger partial charge in [-0.1, -0.05) is 38.1 Å². The Bertz CT molecular complexity index is 455. The molecule has 0 spiro atoms. The third kappa shape index (κ3) is 5.98. The number of rotatable bonds is 8. The third-order valence-electron chi connectivity index (χ3n) is 4.00. The molecule has 2 rings (SSSR count). The van der Waals surface area contributed by atoms with Crippen LogP contribution in [0.4, 0.5) is 0 Å². The van der Waals surface area contributed by atoms with Gasteiger partial charge in [0, 0.05) is 6.42 Å². The molecule has 1 aromatic rings. The van der Waals surface area contributed by atoms with Crippen molar-refractivity contribution in [1.29, 1.82) is 0 Å². The molecule has 22 heavy (non-hydrogen) atoms. The third-order valence-corrected chi connectivity index (χ3v) is 4.00. The Morgan fingerprint density at radius 1 is 1.27 bits per heavy atom. The second kappa shape index (κ2) is 9.16. The summed E-state index contributed by atoms with van der Waals surface area (Å²) in [6.07, 6.45) is 4.84. The Morgan fingerprint density at radius 2 is 1.91 bits per heavy atom. The first-order valence-electron chi connectivity index (χ1n) is 8.18. The highest BCUT2D eigenvalue weighted by Crippen LogP contribution is 2.41. The maximum atomic E-state index is 12.0. The number of amides is 1. The van der Waals surface area contributed by atoms with Crippen molar-refractivity contribution < 1.29 is 4.79 Å². The van der Waals surface area contributed by atoms with Gasteiger partial charge in [0.2, 0.25) is 5.91 Å². The zero-order chi connectivity index (χ0) is 15.2. The summed E-state index contributed by atoms with van der Waals surface area (Å²) in [6.45, 7) is 5.04. The van der Waals surface area contributed by atoms with Gasteiger partial charge in [0.25, 0.3) is 0 Å². The fourth-order valence-corrected chi connectivity index (χ4v) is 2.74. The minimum Gasteiger partial charge on any atom is -0.349 e. The highest BCUT2D eigenvalue weighted by Gasteiger charge is 2.33. The van der Waals surface area contributed by atoms with Crippen LogP contribution in [0.5, 0.6) is 0 Å². The van der Waals surface area contributed by atoms with Crippen LogP contribution >= 0.6 is 12.4 Å². The summed E-state index contributed by atoms with van der Waals surface area (Å²) in [7, 11) is 0. The Morgan fingerprint density at radius 3 is 2.41 bits per heavy atom. The van der Waals surface area contributed by atoms with Crippen LogP contribution in [0.15, 0.2) is 24.3 Å². The Balaban J connectivity index is 0.00000242. The van der Waals surface area contributed by atoms with Crippen LogP contribution in [0.3, 0.4) is 0 Å². The van der Waals surface area contributed by atoms with E-state index in [-0.39, 0.29) is 24.4 Å². The Hall–Kier alpha value is -1.06. The predicted molar refractivity (Wildman–Crippen MR) is 94.1 cm³/mol. The van der Waals surface area contributed by atoms with Crippen molar-refractivity contribution >= 4 is 18.3 Å². The molecule has 1 aromatic carbocycles. The highest BCUT2D eigenvalue weighted by atomic mass is 35.5. The summed E-state index contributed by atoms with van der Waals surface area (Å²) >= 11 is 0. The van der Waals surface area contributed by atoms with E-state index in [0.717, 1.165) is 12.8 Å². The number of carbonyl (C=O) groups is 1. The molecule has 4 heteroatoms. The lowest BCUT2D eigenvalue weighted by atomic mass is 9.97. The first-order valence-corrected chi connectivity index (χ1v) is 8.18. The largest absolute Gasteiger partial charge is 0.349 e. The van der Waals surface area contributed by atoms with Gasteiger partial charge in [-0.3, -0.25) is 4.79 Å². The van der Waals surface area contributed by atoms with E-state index in [1.807, 2.05) is 0 Å². The lowest BCUT2D eigenvalue weighted by Crippen LogP contribution is -2.30. The molecule has 0 saturated heterocycles. The molecular formula is C18H29ClN2O. The molecule has 1 unspecified atom stereocenters. The first kappa shape index (κ1) is 19.0. The molecule has 3 N–H and O–H groups in total. The molecular weight excluding hydrogens is 296 g/mol. The van der Waals surface area contributed by atoms with Gasteiger partial charge in [0.1, 0.15) is 0 Å². The number of halogens is 1. The molecule has 0 aromatic heterocycles. The smallest absolute Gasteiger partial charge is 0.220 e. The van der Waals surface area contributed by atoms with Gasteiger partial charge in [-0.05, 0) is 55.2 Å². The summed E-state index contributed by atoms with van der Waals surface area (Å²) < 4.78 is 0. The maximum Gasteiger partial charge on any atom is 0.220 e. The normalized spacial score (nSPS) is 15.3. The average molecular weight is 325 g/mol. The number of hydrogen-bond acceptors (Lipinski definition) is 2. The van der Waals surface area contributed by atoms with E-state index in [1.54, 1.807) is 0 Å². The maximum absolute atomic E-state index is 12.0. The van der Waals surface area contributed by atoms with Gasteiger partial charge < -0.3 is 11.1 Å². The lowest BCUT2D eigenvalue weighted by molar-refractivity contribution is -0.122. The van der Waals surface area contributed by atoms with E-state index < -0.39 is 0 Å². The Labute approximate surface area is 140 Å². The second-order valence-corrected chi connectivity index (χ2v) is 6.61. The highest BCUT2D eigenvalue weighted by molar-refractivity contribution is 5.85. The predicted octanol–water partition coefficient (Wildman–Crippen LogP) is 3.61. The number of benzene rings is 1. The number of carbonyl (C=O) groups excluding carboxylic acids is 1. The van der Waals surface area contributed by atoms with Gasteiger partial charge in [-0.2, -0.15) is 0 Å². The molecule has 1 atom stereocenters. The van der Waals surface area contributed by atoms with Crippen molar-refractivity contribution in [3.63, 3.8) is 0 Å². The zero-order valence-corrected chi connectivity index (χ0v) is 14.5. The second-order valence-electron chi connectivity index (χ2n) is 6.61. The average Bonchev–Trinajstić information content (AvgIpc) is 3.27. The minimum absolute atomic E-state index is 0. The molecule has 1 fully saturated rings. The number of hydrogen-bond donors (Lipinski definition) is 2. The molecule has 124 valence electrons. The van der Waals surface area contributed by atoms with E-state index in [9.17, 15) is 4.79 Å². The molecule has 0 heterocycles. The van der Waals surface area contributed by atoms with E-state index in [0.29, 0.717) is 24.8 Å². The fourth-order valence-electron chi connectivity index (χ4n) is 2.74. The monoisotopic (exact) mass is 324 g/mol. The molecule has 0 radical (unpaired) electrons. The molecule has 1 amide bonds. The molecule has 1 aliphatic rings. The van der Waals surface area contributed by atoms with Gasteiger partial charge in [0.05, 0.1) is 6.04 Å². The SMILES string of the molecule is CC(C)Cc1ccc(C(NC(=O)CCCN)C2CC2)cc1.Cl. The van der Waals surface area contributed by atoms with Crippen LogP contribution in [0.1, 0.15) is 56.7 Å². The minimum atomic E-state index is 0. The lowest BCUT2D eigenvalue weighted by Gasteiger charge is -2.19. The van der Waals surface area contributed by atoms with Crippen LogP contribution in [-0.2, 0) is 11.2 Å². The van der Waals surface area contributed by atoms with E-state index in [2.05, 4.69) is 43.4 Å². The molecule has 0 aliphatic heterocycles. The fraction of sp³-hybridized carbons (Fsp3) is 0.611. The standard InChI is InChI=1S/C18H28N2O.ClH/c1-13(2)12-14-5-7-15(8-6-14)18(16-9-10-16)20-17(21)4-3-11-19;/h5-8,13,16,18H,3-4,9-12,19H2,1-2H3,(H,20,21);1H. The van der Waals surface area contributed by atoms with Crippen molar-refractivity contribution in [2.24, 2.45) is 17.6 Å². The van der Waals surface area contributed by atoms with Crippen molar-refractivity contribution in [3.8, 4) is 0 Å². The van der Waals surface area contributed by atoms with E-state index in [4.69, 9.17) is 5.73 Å². The molecule has 1 aliphatic carbocycles. The molecule has 3 nitrogen and oxygen atoms in total. The number of nitrogens with one attached hydrogen (secondary N) is 1. The summed E-state index contributed by atoms with van der Waals surface area (Å²) in [6, 6.07) is 8.96. The van der Waals surface area contributed by atoms with Crippen LogP contribution in [-0.4, -0.2) is 12.5 Å². The van der Waals surface area contributed by atoms with Gasteiger partial charge in [-0.25, -0.2) is 0 Å². The van der Waals surface area contributed by atoms with E-state index >= 15 is 0 Å². The summed E-state index contributed by atoms with van der Waals surface area (Å²) in [4.78, 5) is 12.0. The van der Waals surface area contributed by atoms with Crippen LogP contribution < -0.4 is 11.1 Å². The van der Waals surface area contributed by atoms with Crippen LogP contribution in [0.2, 0.25) is 0 Å². The van der Waals surface area contributed by atoms with Gasteiger partial charge in [0.15, 0.2) is 0 Å². The van der Waals surface area contributed by atoms with Crippen molar-refractivity contribution in [2.45, 2.75) is 52.0 Å². The topological polar surface area (TPSA) is 55.1 Å². The van der Waals surface area contributed by atoms with Crippen LogP contribution in [0.25, 0.3) is 0 Å². The van der Waals surface area contributed by atoms with Crippen molar-refractivity contribution in [2.75, 3.05) is 6.54 Å². The van der Waals surface area contributed by atoms with Gasteiger partial charge in [-0.15, -0.1) is 12.4 Å². The zero-order valence-electron chi connectivity index (χ0n) is 13.7. The first-order chi connectivity index (χ1) is 10.1. The van der Waals surface area contributed by atoms with E-state index in [1.165, 1.54) is 24.0 Å². The van der Waals surface area contributed by atoms with Crippen LogP contribution in [0, 0.1) is 11.8 Å². The molecule has 1 saturated carbocycles. The number of nitrogens with two attached hydrogens (primary N) is 1.